The maximum absolute atomic E-state index is 12.0. The van der Waals surface area contributed by atoms with Crippen LogP contribution in [0.3, 0.4) is 0 Å². The van der Waals surface area contributed by atoms with E-state index in [1.807, 2.05) is 0 Å². The zero-order chi connectivity index (χ0) is 13.9. The maximum atomic E-state index is 12.0. The predicted octanol–water partition coefficient (Wildman–Crippen LogP) is 3.31. The molecule has 1 aromatic carbocycles. The van der Waals surface area contributed by atoms with Crippen molar-refractivity contribution in [3.8, 4) is 5.75 Å². The van der Waals surface area contributed by atoms with Crippen LogP contribution < -0.4 is 15.8 Å². The first-order valence-electron chi connectivity index (χ1n) is 5.27. The summed E-state index contributed by atoms with van der Waals surface area (Å²) >= 11 is 0. The highest BCUT2D eigenvalue weighted by Crippen LogP contribution is 2.25. The van der Waals surface area contributed by atoms with Crippen molar-refractivity contribution in [1.29, 1.82) is 0 Å². The van der Waals surface area contributed by atoms with Crippen molar-refractivity contribution >= 4 is 17.2 Å². The van der Waals surface area contributed by atoms with Gasteiger partial charge in [-0.1, -0.05) is 0 Å². The first-order valence-corrected chi connectivity index (χ1v) is 5.27. The fraction of sp³-hybridized carbons (Fsp3) is 0.0833. The molecule has 19 heavy (non-hydrogen) atoms. The fourth-order valence-corrected chi connectivity index (χ4v) is 1.40. The quantitative estimate of drug-likeness (QED) is 0.897. The standard InChI is InChI=1S/C12H10F3N3O/c13-12(14,15)19-10-3-1-9(2-4-10)18-11-7-8(16)5-6-17-11/h1-7H,(H3,16,17,18). The van der Waals surface area contributed by atoms with Gasteiger partial charge in [-0.2, -0.15) is 0 Å². The maximum Gasteiger partial charge on any atom is 0.573 e. The lowest BCUT2D eigenvalue weighted by molar-refractivity contribution is -0.274. The molecule has 2 rings (SSSR count). The van der Waals surface area contributed by atoms with Crippen LogP contribution in [0.4, 0.5) is 30.4 Å². The number of aromatic nitrogens is 1. The van der Waals surface area contributed by atoms with E-state index in [0.29, 0.717) is 17.2 Å². The van der Waals surface area contributed by atoms with Crippen LogP contribution in [-0.2, 0) is 0 Å². The van der Waals surface area contributed by atoms with E-state index in [4.69, 9.17) is 5.73 Å². The van der Waals surface area contributed by atoms with Crippen molar-refractivity contribution in [3.05, 3.63) is 42.6 Å². The minimum Gasteiger partial charge on any atom is -0.406 e. The Hall–Kier alpha value is -2.44. The molecular weight excluding hydrogens is 259 g/mol. The smallest absolute Gasteiger partial charge is 0.406 e. The topological polar surface area (TPSA) is 60.2 Å². The van der Waals surface area contributed by atoms with Crippen LogP contribution in [0.2, 0.25) is 0 Å². The minimum absolute atomic E-state index is 0.279. The highest BCUT2D eigenvalue weighted by Gasteiger charge is 2.30. The van der Waals surface area contributed by atoms with E-state index in [1.54, 1.807) is 12.1 Å². The van der Waals surface area contributed by atoms with E-state index >= 15 is 0 Å². The summed E-state index contributed by atoms with van der Waals surface area (Å²) in [5.41, 5.74) is 6.69. The van der Waals surface area contributed by atoms with E-state index < -0.39 is 6.36 Å². The Balaban J connectivity index is 2.07. The molecule has 0 aliphatic rings. The fourth-order valence-electron chi connectivity index (χ4n) is 1.40. The van der Waals surface area contributed by atoms with Gasteiger partial charge in [0, 0.05) is 23.6 Å². The Morgan fingerprint density at radius 1 is 1.11 bits per heavy atom. The second kappa shape index (κ2) is 5.05. The number of nitrogen functional groups attached to an aromatic ring is 1. The molecular formula is C12H10F3N3O. The number of hydrogen-bond donors (Lipinski definition) is 2. The van der Waals surface area contributed by atoms with Crippen LogP contribution in [0.1, 0.15) is 0 Å². The summed E-state index contributed by atoms with van der Waals surface area (Å²) in [6.07, 6.45) is -3.16. The van der Waals surface area contributed by atoms with Crippen molar-refractivity contribution in [2.45, 2.75) is 6.36 Å². The Kier molecular flexibility index (Phi) is 3.46. The molecule has 4 nitrogen and oxygen atoms in total. The summed E-state index contributed by atoms with van der Waals surface area (Å²) in [5.74, 6) is 0.225. The van der Waals surface area contributed by atoms with Crippen molar-refractivity contribution in [2.75, 3.05) is 11.1 Å². The molecule has 0 aliphatic heterocycles. The molecule has 0 atom stereocenters. The summed E-state index contributed by atoms with van der Waals surface area (Å²) in [6, 6.07) is 8.56. The minimum atomic E-state index is -4.69. The molecule has 100 valence electrons. The summed E-state index contributed by atoms with van der Waals surface area (Å²) in [6.45, 7) is 0. The average Bonchev–Trinajstić information content (AvgIpc) is 2.30. The molecule has 0 bridgehead atoms. The molecule has 2 aromatic rings. The number of nitrogens with one attached hydrogen (secondary N) is 1. The number of ether oxygens (including phenoxy) is 1. The summed E-state index contributed by atoms with van der Waals surface area (Å²) in [4.78, 5) is 4.01. The van der Waals surface area contributed by atoms with Gasteiger partial charge in [0.25, 0.3) is 0 Å². The third kappa shape index (κ3) is 4.06. The molecule has 0 amide bonds. The second-order valence-corrected chi connectivity index (χ2v) is 3.67. The van der Waals surface area contributed by atoms with Crippen molar-refractivity contribution in [3.63, 3.8) is 0 Å². The second-order valence-electron chi connectivity index (χ2n) is 3.67. The lowest BCUT2D eigenvalue weighted by atomic mass is 10.3. The molecule has 1 heterocycles. The average molecular weight is 269 g/mol. The number of alkyl halides is 3. The van der Waals surface area contributed by atoms with Crippen LogP contribution in [0.15, 0.2) is 42.6 Å². The SMILES string of the molecule is Nc1ccnc(Nc2ccc(OC(F)(F)F)cc2)c1. The number of halogens is 3. The first kappa shape index (κ1) is 13.0. The number of nitrogens with zero attached hydrogens (tertiary/aromatic N) is 1. The van der Waals surface area contributed by atoms with E-state index in [0.717, 1.165) is 0 Å². The number of rotatable bonds is 3. The zero-order valence-electron chi connectivity index (χ0n) is 9.61. The molecule has 0 aliphatic carbocycles. The van der Waals surface area contributed by atoms with Crippen LogP contribution in [0, 0.1) is 0 Å². The van der Waals surface area contributed by atoms with Gasteiger partial charge in [0.05, 0.1) is 0 Å². The first-order chi connectivity index (χ1) is 8.92. The summed E-state index contributed by atoms with van der Waals surface area (Å²) < 4.78 is 39.7. The number of anilines is 3. The molecule has 0 saturated heterocycles. The summed E-state index contributed by atoms with van der Waals surface area (Å²) in [7, 11) is 0. The van der Waals surface area contributed by atoms with Gasteiger partial charge in [0.2, 0.25) is 0 Å². The lowest BCUT2D eigenvalue weighted by Crippen LogP contribution is -2.16. The van der Waals surface area contributed by atoms with E-state index in [2.05, 4.69) is 15.0 Å². The van der Waals surface area contributed by atoms with E-state index in [-0.39, 0.29) is 5.75 Å². The lowest BCUT2D eigenvalue weighted by Gasteiger charge is -2.10. The molecule has 7 heteroatoms. The van der Waals surface area contributed by atoms with Gasteiger partial charge in [-0.15, -0.1) is 13.2 Å². The van der Waals surface area contributed by atoms with Crippen LogP contribution in [0.5, 0.6) is 5.75 Å². The molecule has 0 spiro atoms. The Bertz CT molecular complexity index is 555. The Labute approximate surface area is 107 Å². The number of benzene rings is 1. The molecule has 0 saturated carbocycles. The van der Waals surface area contributed by atoms with Crippen molar-refractivity contribution in [1.82, 2.24) is 4.98 Å². The Morgan fingerprint density at radius 3 is 2.37 bits per heavy atom. The van der Waals surface area contributed by atoms with Gasteiger partial charge >= 0.3 is 6.36 Å². The molecule has 0 unspecified atom stereocenters. The van der Waals surface area contributed by atoms with Crippen LogP contribution in [-0.4, -0.2) is 11.3 Å². The number of hydrogen-bond acceptors (Lipinski definition) is 4. The normalized spacial score (nSPS) is 11.1. The molecule has 0 fully saturated rings. The van der Waals surface area contributed by atoms with Crippen LogP contribution >= 0.6 is 0 Å². The van der Waals surface area contributed by atoms with Gasteiger partial charge in [-0.3, -0.25) is 0 Å². The number of nitrogens with two attached hydrogens (primary N) is 1. The Morgan fingerprint density at radius 2 is 1.79 bits per heavy atom. The molecule has 0 radical (unpaired) electrons. The van der Waals surface area contributed by atoms with Crippen molar-refractivity contribution < 1.29 is 17.9 Å². The molecule has 1 aromatic heterocycles. The van der Waals surface area contributed by atoms with Gasteiger partial charge in [-0.05, 0) is 30.3 Å². The van der Waals surface area contributed by atoms with Gasteiger partial charge in [0.15, 0.2) is 0 Å². The van der Waals surface area contributed by atoms with Gasteiger partial charge in [0.1, 0.15) is 11.6 Å². The van der Waals surface area contributed by atoms with Crippen molar-refractivity contribution in [2.24, 2.45) is 0 Å². The van der Waals surface area contributed by atoms with E-state index in [9.17, 15) is 13.2 Å². The predicted molar refractivity (Wildman–Crippen MR) is 65.1 cm³/mol. The van der Waals surface area contributed by atoms with E-state index in [1.165, 1.54) is 30.5 Å². The third-order valence-corrected chi connectivity index (χ3v) is 2.14. The third-order valence-electron chi connectivity index (χ3n) is 2.14. The zero-order valence-corrected chi connectivity index (χ0v) is 9.61. The largest absolute Gasteiger partial charge is 0.573 e. The van der Waals surface area contributed by atoms with Crippen LogP contribution in [0.25, 0.3) is 0 Å². The monoisotopic (exact) mass is 269 g/mol. The number of pyridine rings is 1. The highest BCUT2D eigenvalue weighted by molar-refractivity contribution is 5.60. The highest BCUT2D eigenvalue weighted by atomic mass is 19.4. The molecule has 3 N–H and O–H groups in total. The summed E-state index contributed by atoms with van der Waals surface area (Å²) in [5, 5.41) is 2.91. The van der Waals surface area contributed by atoms with Gasteiger partial charge < -0.3 is 15.8 Å². The van der Waals surface area contributed by atoms with Gasteiger partial charge in [-0.25, -0.2) is 4.98 Å².